The van der Waals surface area contributed by atoms with E-state index in [1.54, 1.807) is 6.20 Å². The average Bonchev–Trinajstić information content (AvgIpc) is 3.09. The van der Waals surface area contributed by atoms with E-state index in [9.17, 15) is 4.79 Å². The normalized spacial score (nSPS) is 19.4. The SMILES string of the molecule is Cl.Cl.O=C(CC1=CCNCC1)N(Cc1ccccn1)CC1CCCO1. The van der Waals surface area contributed by atoms with Crippen LogP contribution in [0.2, 0.25) is 0 Å². The van der Waals surface area contributed by atoms with Crippen molar-refractivity contribution in [1.29, 1.82) is 0 Å². The van der Waals surface area contributed by atoms with E-state index >= 15 is 0 Å². The van der Waals surface area contributed by atoms with Gasteiger partial charge in [0.2, 0.25) is 5.91 Å². The Balaban J connectivity index is 0.00000156. The van der Waals surface area contributed by atoms with Crippen LogP contribution in [-0.4, -0.2) is 48.1 Å². The fourth-order valence-corrected chi connectivity index (χ4v) is 3.11. The molecule has 0 aliphatic carbocycles. The molecule has 3 heterocycles. The molecule has 1 amide bonds. The van der Waals surface area contributed by atoms with E-state index < -0.39 is 0 Å². The molecule has 1 fully saturated rings. The van der Waals surface area contributed by atoms with Crippen molar-refractivity contribution in [1.82, 2.24) is 15.2 Å². The van der Waals surface area contributed by atoms with E-state index in [1.165, 1.54) is 5.57 Å². The third-order valence-electron chi connectivity index (χ3n) is 4.42. The van der Waals surface area contributed by atoms with Crippen molar-refractivity contribution in [3.63, 3.8) is 0 Å². The molecule has 140 valence electrons. The number of carbonyl (C=O) groups is 1. The molecule has 1 atom stereocenters. The molecule has 1 unspecified atom stereocenters. The van der Waals surface area contributed by atoms with Gasteiger partial charge in [-0.3, -0.25) is 9.78 Å². The van der Waals surface area contributed by atoms with E-state index in [-0.39, 0.29) is 36.8 Å². The van der Waals surface area contributed by atoms with Gasteiger partial charge in [0, 0.05) is 32.3 Å². The summed E-state index contributed by atoms with van der Waals surface area (Å²) in [5.41, 5.74) is 2.17. The van der Waals surface area contributed by atoms with Crippen LogP contribution in [0.3, 0.4) is 0 Å². The first-order valence-electron chi connectivity index (χ1n) is 8.49. The highest BCUT2D eigenvalue weighted by molar-refractivity contribution is 5.85. The van der Waals surface area contributed by atoms with Crippen molar-refractivity contribution in [2.24, 2.45) is 0 Å². The van der Waals surface area contributed by atoms with Crippen molar-refractivity contribution in [3.8, 4) is 0 Å². The smallest absolute Gasteiger partial charge is 0.227 e. The number of hydrogen-bond donors (Lipinski definition) is 1. The number of hydrogen-bond acceptors (Lipinski definition) is 4. The minimum absolute atomic E-state index is 0. The second-order valence-electron chi connectivity index (χ2n) is 6.22. The zero-order valence-electron chi connectivity index (χ0n) is 14.4. The van der Waals surface area contributed by atoms with E-state index in [1.807, 2.05) is 23.1 Å². The fourth-order valence-electron chi connectivity index (χ4n) is 3.11. The molecule has 0 spiro atoms. The molecule has 7 heteroatoms. The summed E-state index contributed by atoms with van der Waals surface area (Å²) in [5.74, 6) is 0.180. The lowest BCUT2D eigenvalue weighted by atomic mass is 10.0. The Labute approximate surface area is 162 Å². The van der Waals surface area contributed by atoms with Gasteiger partial charge in [-0.25, -0.2) is 0 Å². The van der Waals surface area contributed by atoms with Crippen molar-refractivity contribution < 1.29 is 9.53 Å². The van der Waals surface area contributed by atoms with Gasteiger partial charge in [-0.15, -0.1) is 24.8 Å². The lowest BCUT2D eigenvalue weighted by Gasteiger charge is -2.26. The highest BCUT2D eigenvalue weighted by atomic mass is 35.5. The Bertz CT molecular complexity index is 549. The van der Waals surface area contributed by atoms with Gasteiger partial charge in [0.1, 0.15) is 0 Å². The molecule has 1 N–H and O–H groups in total. The topological polar surface area (TPSA) is 54.5 Å². The van der Waals surface area contributed by atoms with Crippen LogP contribution in [-0.2, 0) is 16.1 Å². The number of nitrogens with one attached hydrogen (secondary N) is 1. The number of carbonyl (C=O) groups excluding carboxylic acids is 1. The Hall–Kier alpha value is -1.14. The summed E-state index contributed by atoms with van der Waals surface area (Å²) in [6, 6.07) is 5.83. The van der Waals surface area contributed by atoms with Gasteiger partial charge in [-0.05, 0) is 37.9 Å². The van der Waals surface area contributed by atoms with Crippen LogP contribution in [0.1, 0.15) is 31.4 Å². The quantitative estimate of drug-likeness (QED) is 0.762. The molecule has 3 rings (SSSR count). The third kappa shape index (κ3) is 6.94. The molecule has 0 radical (unpaired) electrons. The molecule has 1 aromatic rings. The van der Waals surface area contributed by atoms with E-state index in [2.05, 4.69) is 16.4 Å². The first-order valence-corrected chi connectivity index (χ1v) is 8.49. The zero-order chi connectivity index (χ0) is 15.9. The largest absolute Gasteiger partial charge is 0.376 e. The minimum Gasteiger partial charge on any atom is -0.376 e. The molecule has 5 nitrogen and oxygen atoms in total. The molecular formula is C18H27Cl2N3O2. The second-order valence-corrected chi connectivity index (χ2v) is 6.22. The molecule has 0 bridgehead atoms. The van der Waals surface area contributed by atoms with Gasteiger partial charge in [0.15, 0.2) is 0 Å². The van der Waals surface area contributed by atoms with Gasteiger partial charge in [-0.1, -0.05) is 17.7 Å². The zero-order valence-corrected chi connectivity index (χ0v) is 16.0. The van der Waals surface area contributed by atoms with E-state index in [4.69, 9.17) is 4.74 Å². The standard InChI is InChI=1S/C18H25N3O2.2ClH/c22-18(12-15-6-9-19-10-7-15)21(14-17-5-3-11-23-17)13-16-4-1-2-8-20-16;;/h1-2,4,6,8,17,19H,3,5,7,9-14H2;2*1H. The first kappa shape index (κ1) is 21.9. The Kier molecular flexibility index (Phi) is 10.0. The number of pyridine rings is 1. The summed E-state index contributed by atoms with van der Waals surface area (Å²) < 4.78 is 5.72. The maximum absolute atomic E-state index is 12.8. The van der Waals surface area contributed by atoms with E-state index in [0.29, 0.717) is 19.5 Å². The van der Waals surface area contributed by atoms with Gasteiger partial charge in [0.05, 0.1) is 18.3 Å². The number of ether oxygens (including phenoxy) is 1. The Morgan fingerprint density at radius 2 is 2.24 bits per heavy atom. The van der Waals surface area contributed by atoms with Crippen LogP contribution >= 0.6 is 24.8 Å². The van der Waals surface area contributed by atoms with Crippen molar-refractivity contribution in [2.75, 3.05) is 26.2 Å². The summed E-state index contributed by atoms with van der Waals surface area (Å²) in [7, 11) is 0. The second kappa shape index (κ2) is 11.5. The molecule has 0 saturated carbocycles. The Morgan fingerprint density at radius 1 is 1.36 bits per heavy atom. The lowest BCUT2D eigenvalue weighted by Crippen LogP contribution is -2.37. The number of rotatable bonds is 6. The van der Waals surface area contributed by atoms with Crippen LogP contribution in [0, 0.1) is 0 Å². The van der Waals surface area contributed by atoms with Gasteiger partial charge in [-0.2, -0.15) is 0 Å². The number of halogens is 2. The highest BCUT2D eigenvalue weighted by Gasteiger charge is 2.23. The summed E-state index contributed by atoms with van der Waals surface area (Å²) in [5, 5.41) is 3.28. The maximum atomic E-state index is 12.8. The molecule has 2 aliphatic rings. The number of amides is 1. The van der Waals surface area contributed by atoms with Crippen LogP contribution in [0.5, 0.6) is 0 Å². The molecule has 1 saturated heterocycles. The molecule has 2 aliphatic heterocycles. The molecule has 0 aromatic carbocycles. The van der Waals surface area contributed by atoms with Crippen LogP contribution < -0.4 is 5.32 Å². The lowest BCUT2D eigenvalue weighted by molar-refractivity contribution is -0.132. The minimum atomic E-state index is 0. The van der Waals surface area contributed by atoms with Gasteiger partial charge in [0.25, 0.3) is 0 Å². The monoisotopic (exact) mass is 387 g/mol. The Morgan fingerprint density at radius 3 is 2.88 bits per heavy atom. The number of aromatic nitrogens is 1. The maximum Gasteiger partial charge on any atom is 0.227 e. The summed E-state index contributed by atoms with van der Waals surface area (Å²) in [6.07, 6.45) is 7.70. The first-order chi connectivity index (χ1) is 11.3. The van der Waals surface area contributed by atoms with Gasteiger partial charge < -0.3 is 15.0 Å². The fraction of sp³-hybridized carbons (Fsp3) is 0.556. The van der Waals surface area contributed by atoms with Crippen LogP contribution in [0.4, 0.5) is 0 Å². The van der Waals surface area contributed by atoms with E-state index in [0.717, 1.165) is 44.7 Å². The molecule has 25 heavy (non-hydrogen) atoms. The summed E-state index contributed by atoms with van der Waals surface area (Å²) in [4.78, 5) is 19.1. The van der Waals surface area contributed by atoms with Crippen molar-refractivity contribution in [2.45, 2.75) is 38.3 Å². The predicted octanol–water partition coefficient (Wildman–Crippen LogP) is 2.74. The summed E-state index contributed by atoms with van der Waals surface area (Å²) >= 11 is 0. The van der Waals surface area contributed by atoms with Crippen LogP contribution in [0.15, 0.2) is 36.0 Å². The van der Waals surface area contributed by atoms with Gasteiger partial charge >= 0.3 is 0 Å². The van der Waals surface area contributed by atoms with Crippen molar-refractivity contribution >= 4 is 30.7 Å². The predicted molar refractivity (Wildman–Crippen MR) is 103 cm³/mol. The third-order valence-corrected chi connectivity index (χ3v) is 4.42. The highest BCUT2D eigenvalue weighted by Crippen LogP contribution is 2.18. The van der Waals surface area contributed by atoms with Crippen LogP contribution in [0.25, 0.3) is 0 Å². The van der Waals surface area contributed by atoms with Crippen molar-refractivity contribution in [3.05, 3.63) is 41.7 Å². The number of nitrogens with zero attached hydrogens (tertiary/aromatic N) is 2. The summed E-state index contributed by atoms with van der Waals surface area (Å²) in [6.45, 7) is 3.87. The average molecular weight is 388 g/mol. The molecular weight excluding hydrogens is 361 g/mol. The molecule has 1 aromatic heterocycles.